The van der Waals surface area contributed by atoms with E-state index in [9.17, 15) is 9.59 Å². The zero-order valence-electron chi connectivity index (χ0n) is 14.4. The number of fused-ring (bicyclic) bond motifs is 1. The summed E-state index contributed by atoms with van der Waals surface area (Å²) in [6.07, 6.45) is 0.807. The van der Waals surface area contributed by atoms with Crippen molar-refractivity contribution < 1.29 is 14.3 Å². The van der Waals surface area contributed by atoms with E-state index < -0.39 is 5.91 Å². The van der Waals surface area contributed by atoms with Crippen LogP contribution in [-0.2, 0) is 0 Å². The fraction of sp³-hybridized carbons (Fsp3) is 0.150. The van der Waals surface area contributed by atoms with Crippen molar-refractivity contribution in [1.29, 1.82) is 0 Å². The van der Waals surface area contributed by atoms with Gasteiger partial charge in [-0.25, -0.2) is 0 Å². The van der Waals surface area contributed by atoms with Gasteiger partial charge >= 0.3 is 0 Å². The molecule has 0 saturated heterocycles. The van der Waals surface area contributed by atoms with Gasteiger partial charge in [0.25, 0.3) is 11.5 Å². The predicted molar refractivity (Wildman–Crippen MR) is 99.8 cm³/mol. The Kier molecular flexibility index (Phi) is 4.57. The molecule has 0 unspecified atom stereocenters. The quantitative estimate of drug-likeness (QED) is 0.774. The molecule has 0 fully saturated rings. The van der Waals surface area contributed by atoms with Crippen molar-refractivity contribution in [2.45, 2.75) is 6.42 Å². The highest BCUT2D eigenvalue weighted by Gasteiger charge is 2.14. The van der Waals surface area contributed by atoms with Crippen molar-refractivity contribution in [3.8, 4) is 17.2 Å². The molecule has 0 aliphatic carbocycles. The third-order valence-electron chi connectivity index (χ3n) is 4.04. The number of ether oxygens (including phenoxy) is 2. The van der Waals surface area contributed by atoms with E-state index in [1.807, 2.05) is 6.07 Å². The zero-order valence-corrected chi connectivity index (χ0v) is 14.4. The van der Waals surface area contributed by atoms with Crippen molar-refractivity contribution in [2.24, 2.45) is 0 Å². The number of rotatable bonds is 3. The fourth-order valence-electron chi connectivity index (χ4n) is 2.72. The lowest BCUT2D eigenvalue weighted by Crippen LogP contribution is -2.24. The first kappa shape index (κ1) is 16.8. The van der Waals surface area contributed by atoms with Crippen molar-refractivity contribution >= 4 is 11.6 Å². The Labute approximate surface area is 155 Å². The first-order chi connectivity index (χ1) is 13.2. The van der Waals surface area contributed by atoms with Gasteiger partial charge in [0.15, 0.2) is 11.5 Å². The van der Waals surface area contributed by atoms with Gasteiger partial charge in [-0.05, 0) is 30.3 Å². The van der Waals surface area contributed by atoms with E-state index in [1.165, 1.54) is 16.8 Å². The van der Waals surface area contributed by atoms with Crippen LogP contribution < -0.4 is 20.3 Å². The molecule has 7 heteroatoms. The molecule has 0 spiro atoms. The lowest BCUT2D eigenvalue weighted by Gasteiger charge is -2.11. The van der Waals surface area contributed by atoms with Crippen LogP contribution in [0.25, 0.3) is 5.69 Å². The van der Waals surface area contributed by atoms with Gasteiger partial charge in [-0.15, -0.1) is 0 Å². The van der Waals surface area contributed by atoms with Crippen molar-refractivity contribution in [2.75, 3.05) is 18.5 Å². The van der Waals surface area contributed by atoms with Crippen LogP contribution in [-0.4, -0.2) is 28.9 Å². The summed E-state index contributed by atoms with van der Waals surface area (Å²) in [4.78, 5) is 24.7. The summed E-state index contributed by atoms with van der Waals surface area (Å²) in [6.45, 7) is 1.16. The van der Waals surface area contributed by atoms with E-state index in [0.717, 1.165) is 6.42 Å². The minimum absolute atomic E-state index is 0.130. The number of anilines is 1. The highest BCUT2D eigenvalue weighted by Crippen LogP contribution is 2.32. The molecule has 7 nitrogen and oxygen atoms in total. The van der Waals surface area contributed by atoms with Crippen LogP contribution in [0.15, 0.2) is 65.5 Å². The monoisotopic (exact) mass is 363 g/mol. The van der Waals surface area contributed by atoms with E-state index in [-0.39, 0.29) is 11.3 Å². The van der Waals surface area contributed by atoms with Gasteiger partial charge in [0.2, 0.25) is 0 Å². The topological polar surface area (TPSA) is 82.5 Å². The third-order valence-corrected chi connectivity index (χ3v) is 4.04. The molecular weight excluding hydrogens is 346 g/mol. The molecule has 2 heterocycles. The van der Waals surface area contributed by atoms with Crippen molar-refractivity contribution in [3.05, 3.63) is 76.7 Å². The molecule has 1 aliphatic heterocycles. The normalized spacial score (nSPS) is 12.9. The second-order valence-corrected chi connectivity index (χ2v) is 5.97. The molecule has 0 saturated carbocycles. The highest BCUT2D eigenvalue weighted by molar-refractivity contribution is 6.02. The van der Waals surface area contributed by atoms with Gasteiger partial charge in [0, 0.05) is 24.2 Å². The summed E-state index contributed by atoms with van der Waals surface area (Å²) in [5, 5.41) is 6.95. The standard InChI is InChI=1S/C20H17N3O4/c24-19-10-8-16(22-23(19)15-5-2-1-3-6-15)20(25)21-14-7-9-17-18(13-14)27-12-4-11-26-17/h1-3,5-10,13H,4,11-12H2,(H,21,25). The first-order valence-electron chi connectivity index (χ1n) is 8.57. The molecule has 1 aliphatic rings. The van der Waals surface area contributed by atoms with Crippen molar-refractivity contribution in [1.82, 2.24) is 9.78 Å². The van der Waals surface area contributed by atoms with Gasteiger partial charge in [-0.3, -0.25) is 9.59 Å². The molecule has 3 aromatic rings. The Morgan fingerprint density at radius 3 is 2.56 bits per heavy atom. The number of amides is 1. The summed E-state index contributed by atoms with van der Waals surface area (Å²) in [5.41, 5.74) is 0.968. The van der Waals surface area contributed by atoms with Gasteiger partial charge in [-0.2, -0.15) is 9.78 Å². The van der Waals surface area contributed by atoms with Crippen LogP contribution in [0.5, 0.6) is 11.5 Å². The number of hydrogen-bond donors (Lipinski definition) is 1. The Bertz CT molecular complexity index is 1030. The Balaban J connectivity index is 1.59. The summed E-state index contributed by atoms with van der Waals surface area (Å²) in [5.74, 6) is 0.822. The summed E-state index contributed by atoms with van der Waals surface area (Å²) in [6, 6.07) is 16.9. The summed E-state index contributed by atoms with van der Waals surface area (Å²) >= 11 is 0. The summed E-state index contributed by atoms with van der Waals surface area (Å²) < 4.78 is 12.4. The lowest BCUT2D eigenvalue weighted by atomic mass is 10.2. The van der Waals surface area contributed by atoms with E-state index >= 15 is 0 Å². The zero-order chi connectivity index (χ0) is 18.6. The second kappa shape index (κ2) is 7.33. The van der Waals surface area contributed by atoms with Crippen molar-refractivity contribution in [3.63, 3.8) is 0 Å². The van der Waals surface area contributed by atoms with Crippen LogP contribution in [0, 0.1) is 0 Å². The molecule has 136 valence electrons. The Morgan fingerprint density at radius 2 is 1.74 bits per heavy atom. The molecule has 1 aromatic heterocycles. The average Bonchev–Trinajstić information content (AvgIpc) is 2.94. The molecule has 0 radical (unpaired) electrons. The number of nitrogens with zero attached hydrogens (tertiary/aromatic N) is 2. The maximum absolute atomic E-state index is 12.6. The minimum Gasteiger partial charge on any atom is -0.490 e. The van der Waals surface area contributed by atoms with E-state index in [1.54, 1.807) is 42.5 Å². The first-order valence-corrected chi connectivity index (χ1v) is 8.57. The molecule has 2 aromatic carbocycles. The number of para-hydroxylation sites is 1. The maximum atomic E-state index is 12.6. The third kappa shape index (κ3) is 3.67. The van der Waals surface area contributed by atoms with Gasteiger partial charge in [-0.1, -0.05) is 18.2 Å². The number of benzene rings is 2. The molecule has 0 bridgehead atoms. The maximum Gasteiger partial charge on any atom is 0.276 e. The largest absolute Gasteiger partial charge is 0.490 e. The Hall–Kier alpha value is -3.61. The molecule has 1 amide bonds. The van der Waals surface area contributed by atoms with Crippen LogP contribution in [0.3, 0.4) is 0 Å². The Morgan fingerprint density at radius 1 is 0.963 bits per heavy atom. The van der Waals surface area contributed by atoms with Crippen LogP contribution in [0.2, 0.25) is 0 Å². The fourth-order valence-corrected chi connectivity index (χ4v) is 2.72. The van der Waals surface area contributed by atoms with Gasteiger partial charge in [0.1, 0.15) is 5.69 Å². The smallest absolute Gasteiger partial charge is 0.276 e. The van der Waals surface area contributed by atoms with Crippen LogP contribution >= 0.6 is 0 Å². The number of nitrogens with one attached hydrogen (secondary N) is 1. The molecule has 27 heavy (non-hydrogen) atoms. The van der Waals surface area contributed by atoms with E-state index in [0.29, 0.717) is 36.1 Å². The van der Waals surface area contributed by atoms with E-state index in [4.69, 9.17) is 9.47 Å². The molecular formula is C20H17N3O4. The number of carbonyl (C=O) groups is 1. The highest BCUT2D eigenvalue weighted by atomic mass is 16.5. The number of carbonyl (C=O) groups excluding carboxylic acids is 1. The summed E-state index contributed by atoms with van der Waals surface area (Å²) in [7, 11) is 0. The van der Waals surface area contributed by atoms with Crippen LogP contribution in [0.1, 0.15) is 16.9 Å². The lowest BCUT2D eigenvalue weighted by molar-refractivity contribution is 0.102. The molecule has 1 N–H and O–H groups in total. The molecule has 0 atom stereocenters. The van der Waals surface area contributed by atoms with Gasteiger partial charge in [0.05, 0.1) is 18.9 Å². The predicted octanol–water partition coefficient (Wildman–Crippen LogP) is 2.65. The minimum atomic E-state index is -0.422. The average molecular weight is 363 g/mol. The van der Waals surface area contributed by atoms with Gasteiger partial charge < -0.3 is 14.8 Å². The molecule has 4 rings (SSSR count). The van der Waals surface area contributed by atoms with E-state index in [2.05, 4.69) is 10.4 Å². The SMILES string of the molecule is O=C(Nc1ccc2c(c1)OCCCO2)c1ccc(=O)n(-c2ccccc2)n1. The second-order valence-electron chi connectivity index (χ2n) is 5.97. The van der Waals surface area contributed by atoms with Crippen LogP contribution in [0.4, 0.5) is 5.69 Å². The number of aromatic nitrogens is 2. The number of hydrogen-bond acceptors (Lipinski definition) is 5.